The monoisotopic (exact) mass is 420 g/mol. The molecule has 0 amide bonds. The fourth-order valence-electron chi connectivity index (χ4n) is 6.75. The average Bonchev–Trinajstić information content (AvgIpc) is 2.79. The van der Waals surface area contributed by atoms with Crippen molar-refractivity contribution < 1.29 is 0 Å². The molecule has 0 N–H and O–H groups in total. The highest BCUT2D eigenvalue weighted by molar-refractivity contribution is 7.66. The zero-order valence-corrected chi connectivity index (χ0v) is 20.3. The molecule has 0 atom stereocenters. The first-order valence-corrected chi connectivity index (χ1v) is 16.2. The topological polar surface area (TPSA) is 0 Å². The van der Waals surface area contributed by atoms with Crippen LogP contribution in [0.1, 0.15) is 128 Å². The highest BCUT2D eigenvalue weighted by Gasteiger charge is 2.32. The quantitative estimate of drug-likeness (QED) is 0.375. The zero-order valence-electron chi connectivity index (χ0n) is 18.5. The molecule has 0 heterocycles. The van der Waals surface area contributed by atoms with Crippen molar-refractivity contribution in [3.63, 3.8) is 0 Å². The standard InChI is InChI=1S/C26H46P2/c1-5-13-23(14-6-1)27(24-15-7-2-8-16-24)21-22-28(25-17-9-3-10-18-25)26-19-11-4-12-20-26/h21-26H,1-20H2. The maximum atomic E-state index is 2.95. The molecular weight excluding hydrogens is 374 g/mol. The first-order valence-electron chi connectivity index (χ1n) is 13.1. The highest BCUT2D eigenvalue weighted by atomic mass is 31.1. The summed E-state index contributed by atoms with van der Waals surface area (Å²) in [6, 6.07) is 0. The zero-order chi connectivity index (χ0) is 19.0. The van der Waals surface area contributed by atoms with Gasteiger partial charge in [0, 0.05) is 0 Å². The Hall–Kier alpha value is 0.600. The van der Waals surface area contributed by atoms with Crippen molar-refractivity contribution in [1.82, 2.24) is 0 Å². The fraction of sp³-hybridized carbons (Fsp3) is 0.923. The van der Waals surface area contributed by atoms with Crippen molar-refractivity contribution >= 4 is 15.8 Å². The summed E-state index contributed by atoms with van der Waals surface area (Å²) in [5.41, 5.74) is 4.38. The van der Waals surface area contributed by atoms with Crippen LogP contribution in [0.5, 0.6) is 0 Å². The molecule has 0 saturated heterocycles. The van der Waals surface area contributed by atoms with Gasteiger partial charge in [0.05, 0.1) is 0 Å². The van der Waals surface area contributed by atoms with Crippen molar-refractivity contribution in [2.24, 2.45) is 0 Å². The molecule has 0 bridgehead atoms. The number of rotatable bonds is 6. The summed E-state index contributed by atoms with van der Waals surface area (Å²) in [4.78, 5) is 0. The average molecular weight is 421 g/mol. The second-order valence-corrected chi connectivity index (χ2v) is 15.7. The van der Waals surface area contributed by atoms with Gasteiger partial charge >= 0.3 is 0 Å². The summed E-state index contributed by atoms with van der Waals surface area (Å²) >= 11 is 0. The van der Waals surface area contributed by atoms with Crippen molar-refractivity contribution in [2.75, 3.05) is 0 Å². The summed E-state index contributed by atoms with van der Waals surface area (Å²) < 4.78 is 0. The first-order chi connectivity index (χ1) is 13.9. The van der Waals surface area contributed by atoms with E-state index < -0.39 is 0 Å². The van der Waals surface area contributed by atoms with Gasteiger partial charge in [-0.25, -0.2) is 0 Å². The lowest BCUT2D eigenvalue weighted by Crippen LogP contribution is -2.20. The lowest BCUT2D eigenvalue weighted by atomic mass is 9.99. The minimum Gasteiger partial charge on any atom is -0.0768 e. The van der Waals surface area contributed by atoms with E-state index in [4.69, 9.17) is 0 Å². The molecule has 0 aliphatic heterocycles. The van der Waals surface area contributed by atoms with E-state index in [2.05, 4.69) is 11.6 Å². The fourth-order valence-corrected chi connectivity index (χ4v) is 14.0. The smallest absolute Gasteiger partial charge is 0.0172 e. The molecule has 160 valence electrons. The molecule has 4 aliphatic rings. The van der Waals surface area contributed by atoms with Gasteiger partial charge in [0.2, 0.25) is 0 Å². The Bertz CT molecular complexity index is 371. The van der Waals surface area contributed by atoms with Crippen molar-refractivity contribution in [3.05, 3.63) is 11.6 Å². The molecule has 0 aromatic rings. The van der Waals surface area contributed by atoms with Crippen LogP contribution in [0, 0.1) is 0 Å². The molecular formula is C26H46P2. The predicted octanol–water partition coefficient (Wildman–Crippen LogP) is 9.75. The van der Waals surface area contributed by atoms with Gasteiger partial charge in [-0.3, -0.25) is 0 Å². The largest absolute Gasteiger partial charge is 0.0768 e. The Morgan fingerprint density at radius 2 is 0.536 bits per heavy atom. The molecule has 4 fully saturated rings. The van der Waals surface area contributed by atoms with Gasteiger partial charge in [0.1, 0.15) is 0 Å². The predicted molar refractivity (Wildman–Crippen MR) is 130 cm³/mol. The van der Waals surface area contributed by atoms with Crippen LogP contribution in [-0.2, 0) is 0 Å². The maximum Gasteiger partial charge on any atom is -0.0172 e. The van der Waals surface area contributed by atoms with Crippen LogP contribution in [0.25, 0.3) is 0 Å². The minimum atomic E-state index is 0.164. The second-order valence-electron chi connectivity index (χ2n) is 10.4. The Balaban J connectivity index is 1.49. The van der Waals surface area contributed by atoms with Gasteiger partial charge in [-0.05, 0) is 74.0 Å². The van der Waals surface area contributed by atoms with Gasteiger partial charge in [-0.1, -0.05) is 105 Å². The third-order valence-corrected chi connectivity index (χ3v) is 15.1. The van der Waals surface area contributed by atoms with E-state index in [1.54, 1.807) is 51.4 Å². The van der Waals surface area contributed by atoms with E-state index in [0.717, 1.165) is 22.6 Å². The van der Waals surface area contributed by atoms with E-state index in [0.29, 0.717) is 0 Å². The second kappa shape index (κ2) is 11.8. The van der Waals surface area contributed by atoms with Crippen molar-refractivity contribution in [1.29, 1.82) is 0 Å². The van der Waals surface area contributed by atoms with Gasteiger partial charge in [0.25, 0.3) is 0 Å². The van der Waals surface area contributed by atoms with E-state index in [1.807, 2.05) is 0 Å². The molecule has 0 aromatic carbocycles. The SMILES string of the molecule is C(=CP(C1CCCCC1)C1CCCCC1)P(C1CCCCC1)C1CCCCC1. The van der Waals surface area contributed by atoms with Gasteiger partial charge < -0.3 is 0 Å². The normalized spacial score (nSPS) is 27.9. The van der Waals surface area contributed by atoms with Crippen LogP contribution < -0.4 is 0 Å². The third-order valence-electron chi connectivity index (χ3n) is 8.40. The maximum absolute atomic E-state index is 2.95. The molecule has 0 aromatic heterocycles. The van der Waals surface area contributed by atoms with Crippen LogP contribution in [-0.4, -0.2) is 22.6 Å². The van der Waals surface area contributed by atoms with Crippen molar-refractivity contribution in [2.45, 2.75) is 151 Å². The summed E-state index contributed by atoms with van der Waals surface area (Å²) in [5.74, 6) is 5.91. The van der Waals surface area contributed by atoms with Gasteiger partial charge in [-0.2, -0.15) is 0 Å². The molecule has 4 rings (SSSR count). The van der Waals surface area contributed by atoms with Crippen molar-refractivity contribution in [3.8, 4) is 0 Å². The van der Waals surface area contributed by atoms with E-state index in [-0.39, 0.29) is 15.8 Å². The van der Waals surface area contributed by atoms with E-state index in [1.165, 1.54) is 77.0 Å². The molecule has 0 unspecified atom stereocenters. The van der Waals surface area contributed by atoms with Crippen LogP contribution >= 0.6 is 15.8 Å². The lowest BCUT2D eigenvalue weighted by molar-refractivity contribution is 0.486. The van der Waals surface area contributed by atoms with Crippen LogP contribution in [0.4, 0.5) is 0 Å². The van der Waals surface area contributed by atoms with Gasteiger partial charge in [0.15, 0.2) is 0 Å². The van der Waals surface area contributed by atoms with Crippen LogP contribution in [0.15, 0.2) is 11.6 Å². The highest BCUT2D eigenvalue weighted by Crippen LogP contribution is 2.62. The molecule has 4 saturated carbocycles. The molecule has 4 aliphatic carbocycles. The Morgan fingerprint density at radius 1 is 0.321 bits per heavy atom. The molecule has 0 nitrogen and oxygen atoms in total. The molecule has 28 heavy (non-hydrogen) atoms. The Kier molecular flexibility index (Phi) is 9.23. The number of hydrogen-bond donors (Lipinski definition) is 0. The minimum absolute atomic E-state index is 0.164. The first kappa shape index (κ1) is 21.8. The summed E-state index contributed by atoms with van der Waals surface area (Å²) in [6.07, 6.45) is 30.9. The summed E-state index contributed by atoms with van der Waals surface area (Å²) in [5, 5.41) is 0. The van der Waals surface area contributed by atoms with Gasteiger partial charge in [-0.15, -0.1) is 0 Å². The molecule has 0 spiro atoms. The molecule has 0 radical (unpaired) electrons. The van der Waals surface area contributed by atoms with Crippen LogP contribution in [0.2, 0.25) is 0 Å². The lowest BCUT2D eigenvalue weighted by Gasteiger charge is -2.39. The molecule has 2 heteroatoms. The number of hydrogen-bond acceptors (Lipinski definition) is 0. The summed E-state index contributed by atoms with van der Waals surface area (Å²) in [7, 11) is 0.328. The Morgan fingerprint density at radius 3 is 0.750 bits per heavy atom. The van der Waals surface area contributed by atoms with Crippen LogP contribution in [0.3, 0.4) is 0 Å². The third kappa shape index (κ3) is 6.07. The van der Waals surface area contributed by atoms with E-state index in [9.17, 15) is 0 Å². The summed E-state index contributed by atoms with van der Waals surface area (Å²) in [6.45, 7) is 0. The Labute approximate surface area is 178 Å². The van der Waals surface area contributed by atoms with E-state index >= 15 is 0 Å².